The van der Waals surface area contributed by atoms with Crippen LogP contribution in [0.5, 0.6) is 0 Å². The van der Waals surface area contributed by atoms with Crippen LogP contribution in [0.2, 0.25) is 0 Å². The van der Waals surface area contributed by atoms with Crippen LogP contribution in [0.1, 0.15) is 35.7 Å². The highest BCUT2D eigenvalue weighted by Gasteiger charge is 2.32. The molecule has 1 aliphatic carbocycles. The molecule has 0 bridgehead atoms. The molecule has 4 heteroatoms. The van der Waals surface area contributed by atoms with Crippen LogP contribution in [0.25, 0.3) is 0 Å². The molecule has 2 N–H and O–H groups in total. The molecule has 2 atom stereocenters. The summed E-state index contributed by atoms with van der Waals surface area (Å²) in [5.74, 6) is 6.03. The number of hydrogen-bond acceptors (Lipinski definition) is 2. The van der Waals surface area contributed by atoms with Crippen molar-refractivity contribution in [1.29, 1.82) is 0 Å². The zero-order valence-electron chi connectivity index (χ0n) is 11.4. The number of carbonyl (C=O) groups excluding carboxylic acids is 1. The van der Waals surface area contributed by atoms with Crippen molar-refractivity contribution >= 4 is 5.91 Å². The maximum absolute atomic E-state index is 13.2. The van der Waals surface area contributed by atoms with Gasteiger partial charge in [-0.25, -0.2) is 4.39 Å². The molecule has 0 heterocycles. The monoisotopic (exact) mass is 275 g/mol. The molecular formula is C16H18FNO2. The third-order valence-electron chi connectivity index (χ3n) is 3.49. The Hall–Kier alpha value is -1.86. The van der Waals surface area contributed by atoms with Gasteiger partial charge in [0.25, 0.3) is 5.91 Å². The third kappa shape index (κ3) is 3.82. The summed E-state index contributed by atoms with van der Waals surface area (Å²) < 4.78 is 13.2. The molecule has 0 aromatic heterocycles. The molecule has 1 aromatic rings. The maximum atomic E-state index is 13.2. The van der Waals surface area contributed by atoms with Gasteiger partial charge in [0.05, 0.1) is 12.2 Å². The second kappa shape index (κ2) is 6.53. The van der Waals surface area contributed by atoms with Gasteiger partial charge in [-0.3, -0.25) is 4.79 Å². The lowest BCUT2D eigenvalue weighted by molar-refractivity contribution is 0.0951. The van der Waals surface area contributed by atoms with Crippen LogP contribution in [0.15, 0.2) is 18.2 Å². The summed E-state index contributed by atoms with van der Waals surface area (Å²) in [7, 11) is 0. The van der Waals surface area contributed by atoms with E-state index in [0.29, 0.717) is 35.9 Å². The fourth-order valence-corrected chi connectivity index (χ4v) is 2.03. The van der Waals surface area contributed by atoms with E-state index in [4.69, 9.17) is 5.11 Å². The second-order valence-electron chi connectivity index (χ2n) is 5.15. The molecule has 0 saturated heterocycles. The number of hydrogen-bond donors (Lipinski definition) is 2. The van der Waals surface area contributed by atoms with E-state index in [1.165, 1.54) is 18.2 Å². The van der Waals surface area contributed by atoms with Crippen molar-refractivity contribution in [3.05, 3.63) is 35.1 Å². The van der Waals surface area contributed by atoms with Crippen molar-refractivity contribution < 1.29 is 14.3 Å². The first-order valence-electron chi connectivity index (χ1n) is 6.79. The summed E-state index contributed by atoms with van der Waals surface area (Å²) in [6.07, 6.45) is 1.45. The van der Waals surface area contributed by atoms with E-state index in [1.54, 1.807) is 0 Å². The Bertz CT molecular complexity index is 559. The van der Waals surface area contributed by atoms with E-state index in [0.717, 1.165) is 6.42 Å². The molecule has 106 valence electrons. The van der Waals surface area contributed by atoms with Crippen molar-refractivity contribution in [3.8, 4) is 11.8 Å². The minimum absolute atomic E-state index is 0.0522. The maximum Gasteiger partial charge on any atom is 0.252 e. The Balaban J connectivity index is 2.09. The Morgan fingerprint density at radius 3 is 2.95 bits per heavy atom. The zero-order valence-corrected chi connectivity index (χ0v) is 11.4. The molecule has 2 unspecified atom stereocenters. The molecule has 0 aliphatic heterocycles. The fourth-order valence-electron chi connectivity index (χ4n) is 2.03. The Morgan fingerprint density at radius 1 is 1.55 bits per heavy atom. The quantitative estimate of drug-likeness (QED) is 0.825. The lowest BCUT2D eigenvalue weighted by Gasteiger charge is -2.06. The van der Waals surface area contributed by atoms with Gasteiger partial charge in [0.2, 0.25) is 0 Å². The van der Waals surface area contributed by atoms with E-state index in [9.17, 15) is 9.18 Å². The van der Waals surface area contributed by atoms with Crippen LogP contribution >= 0.6 is 0 Å². The molecule has 1 aliphatic rings. The smallest absolute Gasteiger partial charge is 0.252 e. The van der Waals surface area contributed by atoms with Crippen LogP contribution in [0.3, 0.4) is 0 Å². The molecule has 0 radical (unpaired) electrons. The molecule has 3 nitrogen and oxygen atoms in total. The molecular weight excluding hydrogens is 257 g/mol. The van der Waals surface area contributed by atoms with Crippen LogP contribution in [-0.2, 0) is 0 Å². The Labute approximate surface area is 118 Å². The minimum Gasteiger partial charge on any atom is -0.395 e. The van der Waals surface area contributed by atoms with Gasteiger partial charge in [-0.1, -0.05) is 18.8 Å². The van der Waals surface area contributed by atoms with Crippen molar-refractivity contribution in [3.63, 3.8) is 0 Å². The summed E-state index contributed by atoms with van der Waals surface area (Å²) in [4.78, 5) is 12.1. The molecule has 2 rings (SSSR count). The molecule has 1 saturated carbocycles. The summed E-state index contributed by atoms with van der Waals surface area (Å²) in [6, 6.07) is 3.95. The average Bonchev–Trinajstić information content (AvgIpc) is 3.12. The molecule has 1 aromatic carbocycles. The highest BCUT2D eigenvalue weighted by atomic mass is 19.1. The van der Waals surface area contributed by atoms with E-state index < -0.39 is 5.82 Å². The van der Waals surface area contributed by atoms with Gasteiger partial charge in [-0.15, -0.1) is 0 Å². The number of rotatable bonds is 4. The highest BCUT2D eigenvalue weighted by Crippen LogP contribution is 2.36. The van der Waals surface area contributed by atoms with E-state index in [2.05, 4.69) is 24.1 Å². The van der Waals surface area contributed by atoms with Crippen LogP contribution in [-0.4, -0.2) is 24.2 Å². The zero-order chi connectivity index (χ0) is 14.5. The minimum atomic E-state index is -0.425. The SMILES string of the molecule is CC1CC1CNC(=O)c1ccc(F)cc1C#CCCO. The topological polar surface area (TPSA) is 49.3 Å². The predicted octanol–water partition coefficient (Wildman–Crippen LogP) is 1.95. The molecule has 1 fully saturated rings. The summed E-state index contributed by atoms with van der Waals surface area (Å²) in [6.45, 7) is 2.75. The van der Waals surface area contributed by atoms with Crippen LogP contribution < -0.4 is 5.32 Å². The van der Waals surface area contributed by atoms with Crippen molar-refractivity contribution in [2.24, 2.45) is 11.8 Å². The van der Waals surface area contributed by atoms with Gasteiger partial charge >= 0.3 is 0 Å². The van der Waals surface area contributed by atoms with Gasteiger partial charge in [-0.05, 0) is 36.5 Å². The number of amides is 1. The molecule has 0 spiro atoms. The van der Waals surface area contributed by atoms with Crippen LogP contribution in [0, 0.1) is 29.5 Å². The fraction of sp³-hybridized carbons (Fsp3) is 0.438. The van der Waals surface area contributed by atoms with Crippen molar-refractivity contribution in [1.82, 2.24) is 5.32 Å². The summed E-state index contributed by atoms with van der Waals surface area (Å²) in [5, 5.41) is 11.6. The average molecular weight is 275 g/mol. The van der Waals surface area contributed by atoms with E-state index in [-0.39, 0.29) is 12.5 Å². The first-order valence-corrected chi connectivity index (χ1v) is 6.79. The Morgan fingerprint density at radius 2 is 2.30 bits per heavy atom. The van der Waals surface area contributed by atoms with Gasteiger partial charge < -0.3 is 10.4 Å². The number of carbonyl (C=O) groups is 1. The van der Waals surface area contributed by atoms with Crippen molar-refractivity contribution in [2.75, 3.05) is 13.2 Å². The molecule has 1 amide bonds. The number of benzene rings is 1. The standard InChI is InChI=1S/C16H18FNO2/c1-11-8-13(11)10-18-16(20)15-6-5-14(17)9-12(15)4-2-3-7-19/h5-6,9,11,13,19H,3,7-8,10H2,1H3,(H,18,20). The number of halogens is 1. The van der Waals surface area contributed by atoms with E-state index >= 15 is 0 Å². The lowest BCUT2D eigenvalue weighted by Crippen LogP contribution is -2.26. The third-order valence-corrected chi connectivity index (χ3v) is 3.49. The van der Waals surface area contributed by atoms with Gasteiger partial charge in [0.1, 0.15) is 5.82 Å². The molecule has 20 heavy (non-hydrogen) atoms. The first-order chi connectivity index (χ1) is 9.61. The summed E-state index contributed by atoms with van der Waals surface area (Å²) in [5.41, 5.74) is 0.741. The normalized spacial score (nSPS) is 19.9. The highest BCUT2D eigenvalue weighted by molar-refractivity contribution is 5.96. The second-order valence-corrected chi connectivity index (χ2v) is 5.15. The van der Waals surface area contributed by atoms with Crippen LogP contribution in [0.4, 0.5) is 4.39 Å². The number of aliphatic hydroxyl groups excluding tert-OH is 1. The largest absolute Gasteiger partial charge is 0.395 e. The lowest BCUT2D eigenvalue weighted by atomic mass is 10.1. The van der Waals surface area contributed by atoms with Crippen molar-refractivity contribution in [2.45, 2.75) is 19.8 Å². The van der Waals surface area contributed by atoms with Gasteiger partial charge in [0, 0.05) is 18.5 Å². The van der Waals surface area contributed by atoms with E-state index in [1.807, 2.05) is 0 Å². The Kier molecular flexibility index (Phi) is 4.75. The van der Waals surface area contributed by atoms with Gasteiger partial charge in [0.15, 0.2) is 0 Å². The first kappa shape index (κ1) is 14.5. The number of aliphatic hydroxyl groups is 1. The predicted molar refractivity (Wildman–Crippen MR) is 74.6 cm³/mol. The van der Waals surface area contributed by atoms with Gasteiger partial charge in [-0.2, -0.15) is 0 Å². The number of nitrogens with one attached hydrogen (secondary N) is 1. The summed E-state index contributed by atoms with van der Waals surface area (Å²) >= 11 is 0.